The van der Waals surface area contributed by atoms with Gasteiger partial charge in [-0.15, -0.1) is 0 Å². The van der Waals surface area contributed by atoms with Crippen molar-refractivity contribution in [3.63, 3.8) is 0 Å². The zero-order chi connectivity index (χ0) is 27.0. The van der Waals surface area contributed by atoms with E-state index < -0.39 is 5.41 Å². The molecule has 0 fully saturated rings. The molecule has 0 saturated heterocycles. The van der Waals surface area contributed by atoms with Crippen LogP contribution in [-0.4, -0.2) is 18.7 Å². The second-order valence-corrected chi connectivity index (χ2v) is 9.83. The van der Waals surface area contributed by atoms with Gasteiger partial charge in [0.05, 0.1) is 5.41 Å². The topological polar surface area (TPSA) is 58.2 Å². The second kappa shape index (κ2) is 9.73. The maximum atomic E-state index is 13.1. The molecule has 1 aliphatic carbocycles. The molecule has 39 heavy (non-hydrogen) atoms. The Balaban J connectivity index is 1.47. The third-order valence-corrected chi connectivity index (χ3v) is 7.69. The van der Waals surface area contributed by atoms with Gasteiger partial charge in [-0.3, -0.25) is 9.59 Å². The lowest BCUT2D eigenvalue weighted by Gasteiger charge is -2.34. The third kappa shape index (κ3) is 4.02. The van der Waals surface area contributed by atoms with E-state index in [0.717, 1.165) is 22.5 Å². The van der Waals surface area contributed by atoms with Crippen LogP contribution in [0.25, 0.3) is 11.1 Å². The molecule has 5 aromatic carbocycles. The number of amides is 1. The van der Waals surface area contributed by atoms with Gasteiger partial charge in [0.1, 0.15) is 0 Å². The Bertz CT molecular complexity index is 1640. The van der Waals surface area contributed by atoms with Gasteiger partial charge in [0, 0.05) is 29.5 Å². The molecule has 6 rings (SSSR count). The highest BCUT2D eigenvalue weighted by molar-refractivity contribution is 6.04. The fourth-order valence-electron chi connectivity index (χ4n) is 5.77. The average Bonchev–Trinajstić information content (AvgIpc) is 3.29. The molecule has 0 unspecified atom stereocenters. The maximum Gasteiger partial charge on any atom is 0.255 e. The average molecular weight is 509 g/mol. The van der Waals surface area contributed by atoms with Crippen molar-refractivity contribution in [1.29, 1.82) is 0 Å². The lowest BCUT2D eigenvalue weighted by molar-refractivity contribution is 0.101. The van der Waals surface area contributed by atoms with E-state index in [1.165, 1.54) is 22.3 Å². The van der Waals surface area contributed by atoms with E-state index >= 15 is 0 Å². The first-order valence-corrected chi connectivity index (χ1v) is 13.0. The van der Waals surface area contributed by atoms with Crippen LogP contribution in [0, 0.1) is 0 Å². The molecule has 0 spiro atoms. The van der Waals surface area contributed by atoms with E-state index in [4.69, 9.17) is 0 Å². The monoisotopic (exact) mass is 508 g/mol. The number of ketones is 1. The van der Waals surface area contributed by atoms with Crippen molar-refractivity contribution in [3.05, 3.63) is 155 Å². The highest BCUT2D eigenvalue weighted by atomic mass is 16.1. The summed E-state index contributed by atoms with van der Waals surface area (Å²) in [7, 11) is 1.86. The van der Waals surface area contributed by atoms with Crippen molar-refractivity contribution in [2.24, 2.45) is 0 Å². The van der Waals surface area contributed by atoms with Gasteiger partial charge in [-0.25, -0.2) is 0 Å². The zero-order valence-electron chi connectivity index (χ0n) is 21.9. The van der Waals surface area contributed by atoms with Gasteiger partial charge in [-0.05, 0) is 76.7 Å². The van der Waals surface area contributed by atoms with E-state index in [1.54, 1.807) is 6.92 Å². The van der Waals surface area contributed by atoms with Crippen molar-refractivity contribution in [2.45, 2.75) is 12.3 Å². The van der Waals surface area contributed by atoms with Crippen LogP contribution < -0.4 is 10.6 Å². The van der Waals surface area contributed by atoms with E-state index in [9.17, 15) is 9.59 Å². The van der Waals surface area contributed by atoms with Crippen LogP contribution in [0.3, 0.4) is 0 Å². The molecule has 5 aromatic rings. The Kier molecular flexibility index (Phi) is 6.08. The summed E-state index contributed by atoms with van der Waals surface area (Å²) in [5.74, 6) is -0.121. The minimum absolute atomic E-state index is 0.0405. The number of hydrogen-bond donors (Lipinski definition) is 2. The molecule has 0 saturated carbocycles. The SMILES string of the molecule is CNc1ccc(NC(=O)c2ccc(C3(c4ccc(C(C)=O)cc4)c4ccccc4-c4ccccc43)cc2)cc1. The van der Waals surface area contributed by atoms with Crippen molar-refractivity contribution in [2.75, 3.05) is 17.7 Å². The fourth-order valence-corrected chi connectivity index (χ4v) is 5.77. The molecule has 1 aliphatic rings. The van der Waals surface area contributed by atoms with E-state index in [-0.39, 0.29) is 11.7 Å². The molecule has 4 heteroatoms. The number of hydrogen-bond acceptors (Lipinski definition) is 3. The van der Waals surface area contributed by atoms with Gasteiger partial charge in [-0.2, -0.15) is 0 Å². The number of fused-ring (bicyclic) bond motifs is 3. The van der Waals surface area contributed by atoms with Gasteiger partial charge in [0.2, 0.25) is 0 Å². The van der Waals surface area contributed by atoms with Crippen molar-refractivity contribution < 1.29 is 9.59 Å². The Morgan fingerprint density at radius 3 is 1.51 bits per heavy atom. The van der Waals surface area contributed by atoms with E-state index in [0.29, 0.717) is 11.1 Å². The third-order valence-electron chi connectivity index (χ3n) is 7.69. The summed E-state index contributed by atoms with van der Waals surface area (Å²) in [4.78, 5) is 25.1. The molecule has 4 nitrogen and oxygen atoms in total. The molecule has 0 heterocycles. The smallest absolute Gasteiger partial charge is 0.255 e. The van der Waals surface area contributed by atoms with E-state index in [1.807, 2.05) is 55.6 Å². The summed E-state index contributed by atoms with van der Waals surface area (Å²) < 4.78 is 0. The van der Waals surface area contributed by atoms with Crippen LogP contribution in [0.4, 0.5) is 11.4 Å². The van der Waals surface area contributed by atoms with Crippen LogP contribution in [0.1, 0.15) is 49.9 Å². The minimum Gasteiger partial charge on any atom is -0.388 e. The first-order valence-electron chi connectivity index (χ1n) is 13.0. The lowest BCUT2D eigenvalue weighted by atomic mass is 9.67. The van der Waals surface area contributed by atoms with Crippen molar-refractivity contribution in [3.8, 4) is 11.1 Å². The molecular weight excluding hydrogens is 480 g/mol. The predicted octanol–water partition coefficient (Wildman–Crippen LogP) is 7.55. The number of rotatable bonds is 6. The maximum absolute atomic E-state index is 13.1. The Morgan fingerprint density at radius 1 is 0.564 bits per heavy atom. The van der Waals surface area contributed by atoms with Crippen LogP contribution in [-0.2, 0) is 5.41 Å². The fraction of sp³-hybridized carbons (Fsp3) is 0.0857. The van der Waals surface area contributed by atoms with Crippen molar-refractivity contribution >= 4 is 23.1 Å². The quantitative estimate of drug-likeness (QED) is 0.228. The first kappa shape index (κ1) is 24.4. The molecule has 0 radical (unpaired) electrons. The van der Waals surface area contributed by atoms with Gasteiger partial charge >= 0.3 is 0 Å². The summed E-state index contributed by atoms with van der Waals surface area (Å²) in [5.41, 5.74) is 9.29. The largest absolute Gasteiger partial charge is 0.388 e. The Labute approximate surface area is 228 Å². The van der Waals surface area contributed by atoms with Crippen LogP contribution in [0.5, 0.6) is 0 Å². The molecule has 0 atom stereocenters. The first-order chi connectivity index (χ1) is 19.0. The van der Waals surface area contributed by atoms with Gasteiger partial charge < -0.3 is 10.6 Å². The summed E-state index contributed by atoms with van der Waals surface area (Å²) in [6.07, 6.45) is 0. The molecule has 190 valence electrons. The van der Waals surface area contributed by atoms with Crippen molar-refractivity contribution in [1.82, 2.24) is 0 Å². The Hall–Kier alpha value is -4.96. The molecule has 0 aromatic heterocycles. The lowest BCUT2D eigenvalue weighted by Crippen LogP contribution is -2.28. The summed E-state index contributed by atoms with van der Waals surface area (Å²) in [6, 6.07) is 40.4. The van der Waals surface area contributed by atoms with Crippen LogP contribution in [0.15, 0.2) is 121 Å². The number of anilines is 2. The second-order valence-electron chi connectivity index (χ2n) is 9.83. The molecule has 0 aliphatic heterocycles. The number of nitrogens with one attached hydrogen (secondary N) is 2. The number of carbonyl (C=O) groups excluding carboxylic acids is 2. The standard InChI is InChI=1S/C35H28N2O2/c1-23(38)24-11-15-26(16-12-24)35(32-9-5-3-7-30(32)31-8-4-6-10-33(31)35)27-17-13-25(14-18-27)34(39)37-29-21-19-28(36-2)20-22-29/h3-22,36H,1-2H3,(H,37,39). The van der Waals surface area contributed by atoms with Gasteiger partial charge in [0.15, 0.2) is 5.78 Å². The summed E-state index contributed by atoms with van der Waals surface area (Å²) >= 11 is 0. The Morgan fingerprint density at radius 2 is 1.03 bits per heavy atom. The number of benzene rings is 5. The van der Waals surface area contributed by atoms with E-state index in [2.05, 4.69) is 83.4 Å². The van der Waals surface area contributed by atoms with Gasteiger partial charge in [-0.1, -0.05) is 84.9 Å². The number of Topliss-reactive ketones (excluding diaryl/α,β-unsaturated/α-hetero) is 1. The minimum atomic E-state index is -0.583. The summed E-state index contributed by atoms with van der Waals surface area (Å²) in [6.45, 7) is 1.59. The normalized spacial score (nSPS) is 12.8. The highest BCUT2D eigenvalue weighted by Crippen LogP contribution is 2.55. The molecule has 2 N–H and O–H groups in total. The molecule has 1 amide bonds. The molecular formula is C35H28N2O2. The van der Waals surface area contributed by atoms with Gasteiger partial charge in [0.25, 0.3) is 5.91 Å². The predicted molar refractivity (Wildman–Crippen MR) is 158 cm³/mol. The zero-order valence-corrected chi connectivity index (χ0v) is 21.9. The number of carbonyl (C=O) groups is 2. The van der Waals surface area contributed by atoms with Crippen LogP contribution in [0.2, 0.25) is 0 Å². The molecule has 0 bridgehead atoms. The summed E-state index contributed by atoms with van der Waals surface area (Å²) in [5, 5.41) is 6.07. The highest BCUT2D eigenvalue weighted by Gasteiger charge is 2.45. The van der Waals surface area contributed by atoms with Crippen LogP contribution >= 0.6 is 0 Å².